The van der Waals surface area contributed by atoms with Gasteiger partial charge in [0, 0.05) is 13.1 Å². The van der Waals surface area contributed by atoms with Gasteiger partial charge in [0.2, 0.25) is 0 Å². The average Bonchev–Trinajstić information content (AvgIpc) is 1.69. The Morgan fingerprint density at radius 1 is 1.44 bits per heavy atom. The minimum Gasteiger partial charge on any atom is -0.334 e. The molecule has 0 aliphatic heterocycles. The van der Waals surface area contributed by atoms with E-state index in [2.05, 4.69) is 12.6 Å². The summed E-state index contributed by atoms with van der Waals surface area (Å²) in [4.78, 5) is 12.0. The van der Waals surface area contributed by atoms with Gasteiger partial charge < -0.3 is 4.90 Å². The quantitative estimate of drug-likeness (QED) is 0.376. The number of carbonyl (C=O) groups is 1. The van der Waals surface area contributed by atoms with E-state index in [1.165, 1.54) is 0 Å². The fourth-order valence-corrected chi connectivity index (χ4v) is 0.777. The maximum atomic E-state index is 10.4. The van der Waals surface area contributed by atoms with Crippen LogP contribution in [0, 0.1) is 0 Å². The smallest absolute Gasteiger partial charge is 0.334 e. The average molecular weight is 156 g/mol. The van der Waals surface area contributed by atoms with E-state index in [9.17, 15) is 4.79 Å². The van der Waals surface area contributed by atoms with E-state index in [-0.39, 0.29) is 34.8 Å². The molecule has 1 amide bonds. The molecule has 0 N–H and O–H groups in total. The van der Waals surface area contributed by atoms with Gasteiger partial charge in [0.1, 0.15) is 0 Å². The topological polar surface area (TPSA) is 20.3 Å². The van der Waals surface area contributed by atoms with Crippen molar-refractivity contribution in [2.24, 2.45) is 0 Å². The van der Waals surface area contributed by atoms with Crippen molar-refractivity contribution in [1.29, 1.82) is 0 Å². The third-order valence-electron chi connectivity index (χ3n) is 1.03. The summed E-state index contributed by atoms with van der Waals surface area (Å²) in [6, 6.07) is 0. The molecule has 0 fully saturated rings. The second-order valence-corrected chi connectivity index (χ2v) is 1.84. The predicted molar refractivity (Wildman–Crippen MR) is 37.3 cm³/mol. The van der Waals surface area contributed by atoms with Crippen LogP contribution in [-0.4, -0.2) is 23.2 Å². The molecule has 0 radical (unpaired) electrons. The van der Waals surface area contributed by atoms with Crippen molar-refractivity contribution in [3.05, 3.63) is 0 Å². The van der Waals surface area contributed by atoms with Crippen LogP contribution in [0.5, 0.6) is 0 Å². The number of hydrogen-bond donors (Lipinski definition) is 1. The van der Waals surface area contributed by atoms with Gasteiger partial charge >= 0.3 is 29.6 Å². The molecule has 0 saturated heterocycles. The fraction of sp³-hybridized carbons (Fsp3) is 0.800. The van der Waals surface area contributed by atoms with Gasteiger partial charge in [0.25, 0.3) is 5.24 Å². The van der Waals surface area contributed by atoms with Crippen LogP contribution < -0.4 is 29.6 Å². The Morgan fingerprint density at radius 2 is 1.78 bits per heavy atom. The Hall–Kier alpha value is 0.820. The molecule has 9 heavy (non-hydrogen) atoms. The van der Waals surface area contributed by atoms with Gasteiger partial charge in [-0.25, -0.2) is 0 Å². The SMILES string of the molecule is CCN(CC)C(=O)S.[Na+]. The Morgan fingerprint density at radius 3 is 1.78 bits per heavy atom. The summed E-state index contributed by atoms with van der Waals surface area (Å²) in [7, 11) is 0. The van der Waals surface area contributed by atoms with E-state index < -0.39 is 0 Å². The molecule has 0 saturated carbocycles. The minimum atomic E-state index is -0.144. The molecule has 0 aromatic heterocycles. The van der Waals surface area contributed by atoms with Crippen LogP contribution in [0.15, 0.2) is 0 Å². The van der Waals surface area contributed by atoms with E-state index in [1.807, 2.05) is 13.8 Å². The van der Waals surface area contributed by atoms with Crippen molar-refractivity contribution >= 4 is 17.9 Å². The standard InChI is InChI=1S/C5H11NOS.Na/c1-3-6(4-2)5(7)8;/h3-4H2,1-2H3,(H,7,8);/q;+1. The molecule has 0 aromatic carbocycles. The first-order valence-corrected chi connectivity index (χ1v) is 3.15. The molecular formula is C5H11NNaOS+. The van der Waals surface area contributed by atoms with Gasteiger partial charge in [-0.15, -0.1) is 0 Å². The molecule has 0 unspecified atom stereocenters. The van der Waals surface area contributed by atoms with Gasteiger partial charge in [0.15, 0.2) is 0 Å². The van der Waals surface area contributed by atoms with Crippen molar-refractivity contribution in [1.82, 2.24) is 4.90 Å². The van der Waals surface area contributed by atoms with Crippen molar-refractivity contribution in [3.63, 3.8) is 0 Å². The predicted octanol–water partition coefficient (Wildman–Crippen LogP) is -1.62. The van der Waals surface area contributed by atoms with E-state index in [4.69, 9.17) is 0 Å². The summed E-state index contributed by atoms with van der Waals surface area (Å²) < 4.78 is 0. The zero-order valence-electron chi connectivity index (χ0n) is 6.22. The first-order chi connectivity index (χ1) is 3.72. The molecule has 0 heterocycles. The van der Waals surface area contributed by atoms with Crippen LogP contribution in [-0.2, 0) is 0 Å². The molecule has 0 spiro atoms. The Bertz CT molecular complexity index is 85.0. The molecule has 0 bridgehead atoms. The monoisotopic (exact) mass is 156 g/mol. The van der Waals surface area contributed by atoms with Crippen LogP contribution in [0.25, 0.3) is 0 Å². The van der Waals surface area contributed by atoms with Gasteiger partial charge in [-0.05, 0) is 13.8 Å². The largest absolute Gasteiger partial charge is 1.00 e. The number of carbonyl (C=O) groups excluding carboxylic acids is 1. The van der Waals surface area contributed by atoms with Crippen molar-refractivity contribution in [2.45, 2.75) is 13.8 Å². The molecular weight excluding hydrogens is 145 g/mol. The van der Waals surface area contributed by atoms with Gasteiger partial charge in [0.05, 0.1) is 0 Å². The fourth-order valence-electron chi connectivity index (χ4n) is 0.494. The van der Waals surface area contributed by atoms with Crippen LogP contribution in [0.2, 0.25) is 0 Å². The summed E-state index contributed by atoms with van der Waals surface area (Å²) in [5, 5.41) is -0.144. The number of hydrogen-bond acceptors (Lipinski definition) is 1. The normalized spacial score (nSPS) is 7.89. The van der Waals surface area contributed by atoms with E-state index in [1.54, 1.807) is 4.90 Å². The van der Waals surface area contributed by atoms with E-state index in [0.717, 1.165) is 13.1 Å². The van der Waals surface area contributed by atoms with Crippen LogP contribution in [0.4, 0.5) is 4.79 Å². The zero-order valence-corrected chi connectivity index (χ0v) is 9.11. The van der Waals surface area contributed by atoms with Crippen molar-refractivity contribution in [2.75, 3.05) is 13.1 Å². The summed E-state index contributed by atoms with van der Waals surface area (Å²) in [6.07, 6.45) is 0. The van der Waals surface area contributed by atoms with Gasteiger partial charge in [-0.1, -0.05) is 12.6 Å². The Labute approximate surface area is 83.7 Å². The van der Waals surface area contributed by atoms with Crippen molar-refractivity contribution < 1.29 is 34.4 Å². The molecule has 2 nitrogen and oxygen atoms in total. The first-order valence-electron chi connectivity index (χ1n) is 2.70. The first kappa shape index (κ1) is 12.5. The van der Waals surface area contributed by atoms with Gasteiger partial charge in [-0.2, -0.15) is 0 Å². The maximum Gasteiger partial charge on any atom is 1.00 e. The number of nitrogens with zero attached hydrogens (tertiary/aromatic N) is 1. The van der Waals surface area contributed by atoms with Gasteiger partial charge in [-0.3, -0.25) is 4.79 Å². The molecule has 48 valence electrons. The van der Waals surface area contributed by atoms with Crippen LogP contribution in [0.3, 0.4) is 0 Å². The summed E-state index contributed by atoms with van der Waals surface area (Å²) in [5.41, 5.74) is 0. The van der Waals surface area contributed by atoms with Crippen molar-refractivity contribution in [3.8, 4) is 0 Å². The third kappa shape index (κ3) is 5.27. The molecule has 0 aliphatic rings. The Balaban J connectivity index is 0. The molecule has 0 aliphatic carbocycles. The number of rotatable bonds is 2. The van der Waals surface area contributed by atoms with E-state index in [0.29, 0.717) is 0 Å². The third-order valence-corrected chi connectivity index (χ3v) is 1.32. The molecule has 0 aromatic rings. The molecule has 0 atom stereocenters. The molecule has 4 heteroatoms. The summed E-state index contributed by atoms with van der Waals surface area (Å²) in [5.74, 6) is 0. The maximum absolute atomic E-state index is 10.4. The summed E-state index contributed by atoms with van der Waals surface area (Å²) in [6.45, 7) is 5.35. The zero-order chi connectivity index (χ0) is 6.57. The van der Waals surface area contributed by atoms with Crippen LogP contribution >= 0.6 is 12.6 Å². The van der Waals surface area contributed by atoms with E-state index >= 15 is 0 Å². The minimum absolute atomic E-state index is 0. The van der Waals surface area contributed by atoms with Crippen LogP contribution in [0.1, 0.15) is 13.8 Å². The number of thiol groups is 1. The Kier molecular flexibility index (Phi) is 9.62. The second-order valence-electron chi connectivity index (χ2n) is 1.45. The second kappa shape index (κ2) is 6.93. The summed E-state index contributed by atoms with van der Waals surface area (Å²) >= 11 is 3.64. The number of amides is 1. The molecule has 0 rings (SSSR count).